The van der Waals surface area contributed by atoms with Crippen LogP contribution in [0.4, 0.5) is 0 Å². The minimum absolute atomic E-state index is 0.0672. The molecule has 2 rings (SSSR count). The topological polar surface area (TPSA) is 38.3 Å². The van der Waals surface area contributed by atoms with Crippen LogP contribution in [0.2, 0.25) is 0 Å². The molecule has 0 aliphatic heterocycles. The normalized spacial score (nSPS) is 11.9. The van der Waals surface area contributed by atoms with Crippen molar-refractivity contribution < 1.29 is 9.53 Å². The summed E-state index contributed by atoms with van der Waals surface area (Å²) in [4.78, 5) is 13.3. The molecule has 0 saturated heterocycles. The van der Waals surface area contributed by atoms with E-state index in [1.807, 2.05) is 55.6 Å². The molecule has 1 heterocycles. The fourth-order valence-electron chi connectivity index (χ4n) is 1.88. The third-order valence-corrected chi connectivity index (χ3v) is 3.82. The molecule has 1 N–H and O–H groups in total. The number of nitrogens with one attached hydrogen (secondary N) is 1. The van der Waals surface area contributed by atoms with Crippen molar-refractivity contribution in [1.29, 1.82) is 0 Å². The highest BCUT2D eigenvalue weighted by Gasteiger charge is 2.18. The van der Waals surface area contributed by atoms with Gasteiger partial charge in [-0.25, -0.2) is 0 Å². The Morgan fingerprint density at radius 2 is 2.20 bits per heavy atom. The quantitative estimate of drug-likeness (QED) is 0.883. The van der Waals surface area contributed by atoms with Crippen LogP contribution in [0.3, 0.4) is 0 Å². The number of rotatable bonds is 6. The van der Waals surface area contributed by atoms with Gasteiger partial charge in [-0.1, -0.05) is 25.1 Å². The molecule has 1 aromatic heterocycles. The summed E-state index contributed by atoms with van der Waals surface area (Å²) in [6.07, 6.45) is 0.196. The molecule has 0 unspecified atom stereocenters. The minimum Gasteiger partial charge on any atom is -0.481 e. The summed E-state index contributed by atoms with van der Waals surface area (Å²) in [5.41, 5.74) is 1.12. The third-order valence-electron chi connectivity index (χ3n) is 2.95. The monoisotopic (exact) mass is 289 g/mol. The molecule has 1 atom stereocenters. The zero-order chi connectivity index (χ0) is 14.4. The van der Waals surface area contributed by atoms with Gasteiger partial charge in [0.1, 0.15) is 5.75 Å². The second-order valence-electron chi connectivity index (χ2n) is 4.63. The lowest BCUT2D eigenvalue weighted by molar-refractivity contribution is -0.128. The second kappa shape index (κ2) is 7.10. The zero-order valence-electron chi connectivity index (χ0n) is 11.8. The summed E-state index contributed by atoms with van der Waals surface area (Å²) < 4.78 is 5.77. The number of carbonyl (C=O) groups excluding carboxylic acids is 1. The Labute approximate surface area is 123 Å². The number of thiophene rings is 1. The van der Waals surface area contributed by atoms with Gasteiger partial charge >= 0.3 is 0 Å². The van der Waals surface area contributed by atoms with Gasteiger partial charge in [0.15, 0.2) is 6.10 Å². The van der Waals surface area contributed by atoms with Crippen molar-refractivity contribution in [2.45, 2.75) is 32.9 Å². The lowest BCUT2D eigenvalue weighted by Gasteiger charge is -2.17. The van der Waals surface area contributed by atoms with Crippen molar-refractivity contribution in [3.05, 3.63) is 52.2 Å². The van der Waals surface area contributed by atoms with Crippen molar-refractivity contribution in [3.63, 3.8) is 0 Å². The second-order valence-corrected chi connectivity index (χ2v) is 5.66. The first-order valence-corrected chi connectivity index (χ1v) is 7.60. The number of ether oxygens (including phenoxy) is 1. The Morgan fingerprint density at radius 3 is 2.85 bits per heavy atom. The van der Waals surface area contributed by atoms with E-state index in [0.29, 0.717) is 13.0 Å². The minimum atomic E-state index is -0.447. The molecular formula is C16H19NO2S. The zero-order valence-corrected chi connectivity index (χ0v) is 12.6. The average molecular weight is 289 g/mol. The molecule has 3 nitrogen and oxygen atoms in total. The molecule has 0 aliphatic carbocycles. The van der Waals surface area contributed by atoms with E-state index in [9.17, 15) is 4.79 Å². The smallest absolute Gasteiger partial charge is 0.261 e. The Morgan fingerprint density at radius 1 is 1.35 bits per heavy atom. The van der Waals surface area contributed by atoms with Gasteiger partial charge in [-0.2, -0.15) is 0 Å². The Kier molecular flexibility index (Phi) is 5.18. The molecule has 2 aromatic rings. The van der Waals surface area contributed by atoms with Gasteiger partial charge in [-0.15, -0.1) is 11.3 Å². The number of benzene rings is 1. The molecule has 0 radical (unpaired) electrons. The van der Waals surface area contributed by atoms with E-state index >= 15 is 0 Å². The highest BCUT2D eigenvalue weighted by Crippen LogP contribution is 2.15. The molecule has 4 heteroatoms. The van der Waals surface area contributed by atoms with E-state index < -0.39 is 6.10 Å². The Hall–Kier alpha value is -1.81. The van der Waals surface area contributed by atoms with Crippen LogP contribution in [-0.4, -0.2) is 12.0 Å². The molecule has 1 aromatic carbocycles. The predicted molar refractivity (Wildman–Crippen MR) is 82.1 cm³/mol. The van der Waals surface area contributed by atoms with E-state index in [2.05, 4.69) is 5.32 Å². The number of amides is 1. The van der Waals surface area contributed by atoms with Crippen LogP contribution in [0.25, 0.3) is 0 Å². The van der Waals surface area contributed by atoms with Crippen molar-refractivity contribution in [2.75, 3.05) is 0 Å². The summed E-state index contributed by atoms with van der Waals surface area (Å²) in [5.74, 6) is 0.672. The van der Waals surface area contributed by atoms with Crippen molar-refractivity contribution in [1.82, 2.24) is 5.32 Å². The molecule has 0 aliphatic rings. The Bertz CT molecular complexity index is 551. The van der Waals surface area contributed by atoms with Gasteiger partial charge in [0.2, 0.25) is 0 Å². The molecule has 0 bridgehead atoms. The Balaban J connectivity index is 1.92. The largest absolute Gasteiger partial charge is 0.481 e. The summed E-state index contributed by atoms with van der Waals surface area (Å²) >= 11 is 1.63. The third kappa shape index (κ3) is 4.10. The van der Waals surface area contributed by atoms with Gasteiger partial charge in [0.25, 0.3) is 5.91 Å². The van der Waals surface area contributed by atoms with Gasteiger partial charge < -0.3 is 10.1 Å². The first kappa shape index (κ1) is 14.6. The van der Waals surface area contributed by atoms with Gasteiger partial charge in [-0.3, -0.25) is 4.79 Å². The first-order valence-electron chi connectivity index (χ1n) is 6.72. The summed E-state index contributed by atoms with van der Waals surface area (Å²) in [6.45, 7) is 4.51. The van der Waals surface area contributed by atoms with E-state index in [0.717, 1.165) is 16.2 Å². The first-order chi connectivity index (χ1) is 9.69. The maximum atomic E-state index is 12.1. The fourth-order valence-corrected chi connectivity index (χ4v) is 2.52. The molecule has 0 fully saturated rings. The van der Waals surface area contributed by atoms with Crippen LogP contribution in [0.5, 0.6) is 5.75 Å². The maximum Gasteiger partial charge on any atom is 0.261 e. The standard InChI is InChI=1S/C16H19NO2S/c1-3-15(19-13-7-4-6-12(2)10-13)16(18)17-11-14-8-5-9-20-14/h4-10,15H,3,11H2,1-2H3,(H,17,18)/t15-/m1/s1. The fraction of sp³-hybridized carbons (Fsp3) is 0.312. The number of hydrogen-bond donors (Lipinski definition) is 1. The number of hydrogen-bond acceptors (Lipinski definition) is 3. The van der Waals surface area contributed by atoms with Crippen molar-refractivity contribution >= 4 is 17.2 Å². The molecule has 1 amide bonds. The van der Waals surface area contributed by atoms with Gasteiger partial charge in [0, 0.05) is 4.88 Å². The molecular weight excluding hydrogens is 270 g/mol. The van der Waals surface area contributed by atoms with E-state index in [-0.39, 0.29) is 5.91 Å². The van der Waals surface area contributed by atoms with E-state index in [1.165, 1.54) is 0 Å². The maximum absolute atomic E-state index is 12.1. The van der Waals surface area contributed by atoms with Crippen LogP contribution < -0.4 is 10.1 Å². The molecule has 106 valence electrons. The lowest BCUT2D eigenvalue weighted by Crippen LogP contribution is -2.37. The van der Waals surface area contributed by atoms with Crippen LogP contribution in [-0.2, 0) is 11.3 Å². The van der Waals surface area contributed by atoms with Crippen molar-refractivity contribution in [2.24, 2.45) is 0 Å². The SMILES string of the molecule is CC[C@@H](Oc1cccc(C)c1)C(=O)NCc1cccs1. The highest BCUT2D eigenvalue weighted by atomic mass is 32.1. The summed E-state index contributed by atoms with van der Waals surface area (Å²) in [5, 5.41) is 4.92. The van der Waals surface area contributed by atoms with Crippen LogP contribution >= 0.6 is 11.3 Å². The molecule has 20 heavy (non-hydrogen) atoms. The van der Waals surface area contributed by atoms with Gasteiger partial charge in [-0.05, 0) is 42.5 Å². The average Bonchev–Trinajstić information content (AvgIpc) is 2.95. The predicted octanol–water partition coefficient (Wildman–Crippen LogP) is 3.53. The van der Waals surface area contributed by atoms with Crippen LogP contribution in [0.1, 0.15) is 23.8 Å². The lowest BCUT2D eigenvalue weighted by atomic mass is 10.2. The summed E-state index contributed by atoms with van der Waals surface area (Å²) in [6, 6.07) is 11.7. The van der Waals surface area contributed by atoms with E-state index in [1.54, 1.807) is 11.3 Å². The van der Waals surface area contributed by atoms with Crippen LogP contribution in [0, 0.1) is 6.92 Å². The summed E-state index contributed by atoms with van der Waals surface area (Å²) in [7, 11) is 0. The van der Waals surface area contributed by atoms with Gasteiger partial charge in [0.05, 0.1) is 6.54 Å². The number of carbonyl (C=O) groups is 1. The number of aryl methyl sites for hydroxylation is 1. The van der Waals surface area contributed by atoms with E-state index in [4.69, 9.17) is 4.74 Å². The van der Waals surface area contributed by atoms with Crippen LogP contribution in [0.15, 0.2) is 41.8 Å². The van der Waals surface area contributed by atoms with Crippen molar-refractivity contribution in [3.8, 4) is 5.75 Å². The molecule has 0 saturated carbocycles. The molecule has 0 spiro atoms. The highest BCUT2D eigenvalue weighted by molar-refractivity contribution is 7.09.